The standard InChI is InChI=1S/C14H12BrN5O2/c1-8-7-20(2)19-11(8)12(21)16-14-18-17-13(22-14)9-4-3-5-10(15)6-9/h3-7H,1-2H3,(H,16,18,21). The van der Waals surface area contributed by atoms with Crippen molar-refractivity contribution in [3.8, 4) is 11.5 Å². The average Bonchev–Trinajstić information content (AvgIpc) is 3.05. The van der Waals surface area contributed by atoms with E-state index in [9.17, 15) is 4.79 Å². The van der Waals surface area contributed by atoms with E-state index in [-0.39, 0.29) is 11.9 Å². The zero-order valence-corrected chi connectivity index (χ0v) is 13.5. The van der Waals surface area contributed by atoms with Gasteiger partial charge < -0.3 is 4.42 Å². The first-order valence-corrected chi connectivity index (χ1v) is 7.23. The number of aryl methyl sites for hydroxylation is 2. The molecule has 1 amide bonds. The minimum atomic E-state index is -0.387. The minimum Gasteiger partial charge on any atom is -0.403 e. The Morgan fingerprint density at radius 3 is 2.86 bits per heavy atom. The number of rotatable bonds is 3. The van der Waals surface area contributed by atoms with Gasteiger partial charge in [-0.1, -0.05) is 27.1 Å². The fourth-order valence-electron chi connectivity index (χ4n) is 2.00. The maximum absolute atomic E-state index is 12.1. The number of benzene rings is 1. The van der Waals surface area contributed by atoms with E-state index in [1.165, 1.54) is 0 Å². The summed E-state index contributed by atoms with van der Waals surface area (Å²) in [7, 11) is 1.75. The van der Waals surface area contributed by atoms with E-state index in [2.05, 4.69) is 36.5 Å². The lowest BCUT2D eigenvalue weighted by atomic mass is 10.2. The molecule has 0 saturated heterocycles. The van der Waals surface area contributed by atoms with Crippen molar-refractivity contribution in [2.24, 2.45) is 7.05 Å². The Morgan fingerprint density at radius 1 is 1.36 bits per heavy atom. The van der Waals surface area contributed by atoms with Gasteiger partial charge in [-0.2, -0.15) is 5.10 Å². The van der Waals surface area contributed by atoms with E-state index in [4.69, 9.17) is 4.42 Å². The smallest absolute Gasteiger partial charge is 0.322 e. The first-order valence-electron chi connectivity index (χ1n) is 6.44. The van der Waals surface area contributed by atoms with E-state index in [1.54, 1.807) is 17.9 Å². The largest absolute Gasteiger partial charge is 0.403 e. The number of hydrogen-bond donors (Lipinski definition) is 1. The number of nitrogens with one attached hydrogen (secondary N) is 1. The Bertz CT molecular complexity index is 839. The number of amides is 1. The lowest BCUT2D eigenvalue weighted by molar-refractivity contribution is 0.101. The first kappa shape index (κ1) is 14.5. The molecule has 8 heteroatoms. The van der Waals surface area contributed by atoms with E-state index < -0.39 is 0 Å². The number of aromatic nitrogens is 4. The molecular weight excluding hydrogens is 350 g/mol. The van der Waals surface area contributed by atoms with Gasteiger partial charge in [0.2, 0.25) is 5.89 Å². The Hall–Kier alpha value is -2.48. The zero-order chi connectivity index (χ0) is 15.7. The summed E-state index contributed by atoms with van der Waals surface area (Å²) in [6, 6.07) is 7.48. The van der Waals surface area contributed by atoms with Gasteiger partial charge in [-0.25, -0.2) is 0 Å². The van der Waals surface area contributed by atoms with E-state index in [0.717, 1.165) is 15.6 Å². The molecular formula is C14H12BrN5O2. The third-order valence-electron chi connectivity index (χ3n) is 2.94. The number of carbonyl (C=O) groups excluding carboxylic acids is 1. The van der Waals surface area contributed by atoms with Crippen LogP contribution in [0.15, 0.2) is 39.4 Å². The van der Waals surface area contributed by atoms with Crippen molar-refractivity contribution >= 4 is 27.9 Å². The molecule has 0 aliphatic carbocycles. The highest BCUT2D eigenvalue weighted by atomic mass is 79.9. The molecule has 2 aromatic heterocycles. The molecule has 7 nitrogen and oxygen atoms in total. The fraction of sp³-hybridized carbons (Fsp3) is 0.143. The van der Waals surface area contributed by atoms with Gasteiger partial charge in [0.1, 0.15) is 0 Å². The minimum absolute atomic E-state index is 0.0324. The Morgan fingerprint density at radius 2 is 2.18 bits per heavy atom. The molecule has 3 rings (SSSR count). The zero-order valence-electron chi connectivity index (χ0n) is 11.9. The maximum atomic E-state index is 12.1. The lowest BCUT2D eigenvalue weighted by Gasteiger charge is -1.98. The number of halogens is 1. The van der Waals surface area contributed by atoms with Crippen LogP contribution in [0, 0.1) is 6.92 Å². The molecule has 0 aliphatic rings. The van der Waals surface area contributed by atoms with E-state index in [1.807, 2.05) is 31.2 Å². The van der Waals surface area contributed by atoms with Crippen molar-refractivity contribution in [2.45, 2.75) is 6.92 Å². The van der Waals surface area contributed by atoms with Gasteiger partial charge in [0.05, 0.1) is 0 Å². The molecule has 22 heavy (non-hydrogen) atoms. The molecule has 0 bridgehead atoms. The number of anilines is 1. The van der Waals surface area contributed by atoms with Crippen molar-refractivity contribution in [3.05, 3.63) is 46.2 Å². The molecule has 0 unspecified atom stereocenters. The summed E-state index contributed by atoms with van der Waals surface area (Å²) in [6.07, 6.45) is 1.76. The van der Waals surface area contributed by atoms with Crippen molar-refractivity contribution in [1.82, 2.24) is 20.0 Å². The van der Waals surface area contributed by atoms with E-state index >= 15 is 0 Å². The molecule has 0 saturated carbocycles. The third kappa shape index (κ3) is 2.91. The molecule has 0 aliphatic heterocycles. The van der Waals surface area contributed by atoms with Gasteiger partial charge in [-0.05, 0) is 25.1 Å². The predicted octanol–water partition coefficient (Wildman–Crippen LogP) is 2.79. The molecule has 0 radical (unpaired) electrons. The van der Waals surface area contributed by atoms with Crippen LogP contribution in [0.5, 0.6) is 0 Å². The van der Waals surface area contributed by atoms with Crippen molar-refractivity contribution < 1.29 is 9.21 Å². The second-order valence-electron chi connectivity index (χ2n) is 4.71. The van der Waals surface area contributed by atoms with Crippen LogP contribution in [0.2, 0.25) is 0 Å². The average molecular weight is 362 g/mol. The van der Waals surface area contributed by atoms with Gasteiger partial charge in [-0.15, -0.1) is 5.10 Å². The summed E-state index contributed by atoms with van der Waals surface area (Å²) < 4.78 is 7.93. The number of carbonyl (C=O) groups is 1. The van der Waals surface area contributed by atoms with Crippen molar-refractivity contribution in [2.75, 3.05) is 5.32 Å². The molecule has 2 heterocycles. The molecule has 0 spiro atoms. The van der Waals surface area contributed by atoms with Gasteiger partial charge in [-0.3, -0.25) is 14.8 Å². The summed E-state index contributed by atoms with van der Waals surface area (Å²) in [5.41, 5.74) is 1.85. The fourth-order valence-corrected chi connectivity index (χ4v) is 2.40. The summed E-state index contributed by atoms with van der Waals surface area (Å²) >= 11 is 3.38. The van der Waals surface area contributed by atoms with Crippen LogP contribution in [0.1, 0.15) is 16.1 Å². The molecule has 3 aromatic rings. The summed E-state index contributed by atoms with van der Waals surface area (Å²) in [5, 5.41) is 14.4. The summed E-state index contributed by atoms with van der Waals surface area (Å²) in [4.78, 5) is 12.1. The molecule has 0 fully saturated rings. The Labute approximate surface area is 134 Å². The molecule has 0 atom stereocenters. The van der Waals surface area contributed by atoms with E-state index in [0.29, 0.717) is 11.6 Å². The summed E-state index contributed by atoms with van der Waals surface area (Å²) in [5.74, 6) is -0.0584. The van der Waals surface area contributed by atoms with Gasteiger partial charge in [0.15, 0.2) is 5.69 Å². The van der Waals surface area contributed by atoms with Crippen LogP contribution in [-0.4, -0.2) is 25.9 Å². The quantitative estimate of drug-likeness (QED) is 0.774. The molecule has 1 aromatic carbocycles. The highest BCUT2D eigenvalue weighted by molar-refractivity contribution is 9.10. The molecule has 112 valence electrons. The third-order valence-corrected chi connectivity index (χ3v) is 3.44. The maximum Gasteiger partial charge on any atom is 0.322 e. The van der Waals surface area contributed by atoms with Gasteiger partial charge >= 0.3 is 6.01 Å². The van der Waals surface area contributed by atoms with Crippen LogP contribution in [-0.2, 0) is 7.05 Å². The number of hydrogen-bond acceptors (Lipinski definition) is 5. The normalized spacial score (nSPS) is 10.7. The van der Waals surface area contributed by atoms with Crippen LogP contribution >= 0.6 is 15.9 Å². The van der Waals surface area contributed by atoms with Crippen molar-refractivity contribution in [1.29, 1.82) is 0 Å². The highest BCUT2D eigenvalue weighted by Gasteiger charge is 2.17. The second-order valence-corrected chi connectivity index (χ2v) is 5.63. The Kier molecular flexibility index (Phi) is 3.76. The monoisotopic (exact) mass is 361 g/mol. The topological polar surface area (TPSA) is 85.8 Å². The van der Waals surface area contributed by atoms with Gasteiger partial charge in [0, 0.05) is 28.8 Å². The SMILES string of the molecule is Cc1cn(C)nc1C(=O)Nc1nnc(-c2cccc(Br)c2)o1. The first-order chi connectivity index (χ1) is 10.5. The van der Waals surface area contributed by atoms with Crippen LogP contribution in [0.4, 0.5) is 6.01 Å². The molecule has 1 N–H and O–H groups in total. The lowest BCUT2D eigenvalue weighted by Crippen LogP contribution is -2.14. The van der Waals surface area contributed by atoms with Gasteiger partial charge in [0.25, 0.3) is 5.91 Å². The Balaban J connectivity index is 1.80. The van der Waals surface area contributed by atoms with Crippen LogP contribution < -0.4 is 5.32 Å². The highest BCUT2D eigenvalue weighted by Crippen LogP contribution is 2.23. The number of nitrogens with zero attached hydrogens (tertiary/aromatic N) is 4. The van der Waals surface area contributed by atoms with Crippen molar-refractivity contribution in [3.63, 3.8) is 0 Å². The predicted molar refractivity (Wildman–Crippen MR) is 83.3 cm³/mol. The van der Waals surface area contributed by atoms with Crippen LogP contribution in [0.25, 0.3) is 11.5 Å². The van der Waals surface area contributed by atoms with Crippen LogP contribution in [0.3, 0.4) is 0 Å². The summed E-state index contributed by atoms with van der Waals surface area (Å²) in [6.45, 7) is 1.81. The second kappa shape index (κ2) is 5.72.